The lowest BCUT2D eigenvalue weighted by Gasteiger charge is -2.28. The van der Waals surface area contributed by atoms with Crippen LogP contribution in [0.4, 0.5) is 0 Å². The fourth-order valence-corrected chi connectivity index (χ4v) is 4.34. The highest BCUT2D eigenvalue weighted by molar-refractivity contribution is 7.88. The number of hydrogen-bond acceptors (Lipinski definition) is 3. The Morgan fingerprint density at radius 3 is 2.50 bits per heavy atom. The maximum absolute atomic E-state index is 11.7. The second-order valence-electron chi connectivity index (χ2n) is 7.12. The molecule has 1 aromatic rings. The van der Waals surface area contributed by atoms with E-state index in [0.29, 0.717) is 12.0 Å². The molecule has 7 heteroatoms. The minimum Gasteiger partial charge on any atom is -0.356 e. The molecule has 0 atom stereocenters. The van der Waals surface area contributed by atoms with Crippen molar-refractivity contribution in [3.05, 3.63) is 35.4 Å². The van der Waals surface area contributed by atoms with Gasteiger partial charge in [-0.2, -0.15) is 0 Å². The van der Waals surface area contributed by atoms with Crippen molar-refractivity contribution in [2.24, 2.45) is 10.4 Å². The van der Waals surface area contributed by atoms with Crippen molar-refractivity contribution in [2.75, 3.05) is 20.6 Å². The highest BCUT2D eigenvalue weighted by atomic mass is 32.2. The van der Waals surface area contributed by atoms with Crippen molar-refractivity contribution in [3.63, 3.8) is 0 Å². The van der Waals surface area contributed by atoms with Gasteiger partial charge in [0.25, 0.3) is 0 Å². The van der Waals surface area contributed by atoms with Gasteiger partial charge in [0.2, 0.25) is 10.0 Å². The van der Waals surface area contributed by atoms with Crippen molar-refractivity contribution >= 4 is 16.0 Å². The number of aliphatic imine (C=N–C) groups is 1. The number of hydrogen-bond donors (Lipinski definition) is 3. The summed E-state index contributed by atoms with van der Waals surface area (Å²) in [6.07, 6.45) is 6.41. The van der Waals surface area contributed by atoms with E-state index in [1.807, 2.05) is 24.3 Å². The molecule has 1 saturated carbocycles. The number of nitrogens with zero attached hydrogens (tertiary/aromatic N) is 1. The molecule has 26 heavy (non-hydrogen) atoms. The third-order valence-electron chi connectivity index (χ3n) is 5.39. The molecule has 0 radical (unpaired) electrons. The van der Waals surface area contributed by atoms with Crippen molar-refractivity contribution < 1.29 is 8.42 Å². The van der Waals surface area contributed by atoms with Crippen LogP contribution in [-0.2, 0) is 22.3 Å². The Kier molecular flexibility index (Phi) is 7.46. The quantitative estimate of drug-likeness (QED) is 0.478. The second-order valence-corrected chi connectivity index (χ2v) is 9.05. The highest BCUT2D eigenvalue weighted by Crippen LogP contribution is 2.40. The molecule has 0 bridgehead atoms. The lowest BCUT2D eigenvalue weighted by molar-refractivity contribution is 0.283. The Hall–Kier alpha value is -1.60. The first-order valence-electron chi connectivity index (χ1n) is 9.35. The summed E-state index contributed by atoms with van der Waals surface area (Å²) in [5.41, 5.74) is 2.21. The van der Waals surface area contributed by atoms with E-state index in [-0.39, 0.29) is 5.75 Å². The van der Waals surface area contributed by atoms with E-state index in [0.717, 1.165) is 23.6 Å². The first-order chi connectivity index (χ1) is 12.4. The topological polar surface area (TPSA) is 82.6 Å². The molecule has 146 valence electrons. The molecule has 6 nitrogen and oxygen atoms in total. The molecule has 0 amide bonds. The Labute approximate surface area is 157 Å². The third-order valence-corrected chi connectivity index (χ3v) is 6.72. The maximum atomic E-state index is 11.7. The first kappa shape index (κ1) is 20.7. The summed E-state index contributed by atoms with van der Waals surface area (Å²) in [6.45, 7) is 3.82. The lowest BCUT2D eigenvalue weighted by Crippen LogP contribution is -2.42. The molecule has 1 aliphatic rings. The van der Waals surface area contributed by atoms with Gasteiger partial charge in [0.05, 0.1) is 5.75 Å². The van der Waals surface area contributed by atoms with Crippen LogP contribution in [0.1, 0.15) is 50.2 Å². The monoisotopic (exact) mass is 380 g/mol. The summed E-state index contributed by atoms with van der Waals surface area (Å²) in [5.74, 6) is 0.779. The smallest absolute Gasteiger partial charge is 0.215 e. The van der Waals surface area contributed by atoms with E-state index in [2.05, 4.69) is 27.3 Å². The number of nitrogens with one attached hydrogen (secondary N) is 3. The van der Waals surface area contributed by atoms with Crippen LogP contribution < -0.4 is 15.4 Å². The summed E-state index contributed by atoms with van der Waals surface area (Å²) < 4.78 is 25.8. The van der Waals surface area contributed by atoms with Gasteiger partial charge in [0, 0.05) is 20.1 Å². The highest BCUT2D eigenvalue weighted by Gasteiger charge is 2.31. The fraction of sp³-hybridized carbons (Fsp3) is 0.632. The fourth-order valence-electron chi connectivity index (χ4n) is 3.58. The molecule has 0 unspecified atom stereocenters. The summed E-state index contributed by atoms with van der Waals surface area (Å²) in [5, 5.41) is 6.80. The minimum atomic E-state index is -3.26. The first-order valence-corrected chi connectivity index (χ1v) is 11.0. The Bertz CT molecular complexity index is 710. The number of guanidine groups is 1. The van der Waals surface area contributed by atoms with Crippen LogP contribution in [0.5, 0.6) is 0 Å². The molecule has 0 saturated heterocycles. The van der Waals surface area contributed by atoms with Gasteiger partial charge in [-0.1, -0.05) is 44.0 Å². The molecule has 2 rings (SSSR count). The van der Waals surface area contributed by atoms with Gasteiger partial charge in [-0.25, -0.2) is 13.1 Å². The van der Waals surface area contributed by atoms with Crippen LogP contribution in [0.2, 0.25) is 0 Å². The van der Waals surface area contributed by atoms with Gasteiger partial charge in [0.15, 0.2) is 5.96 Å². The van der Waals surface area contributed by atoms with Crippen molar-refractivity contribution in [1.82, 2.24) is 15.4 Å². The van der Waals surface area contributed by atoms with Gasteiger partial charge in [-0.3, -0.25) is 4.99 Å². The summed E-state index contributed by atoms with van der Waals surface area (Å²) in [6, 6.07) is 7.62. The summed E-state index contributed by atoms with van der Waals surface area (Å²) in [7, 11) is -0.0490. The molecule has 1 aliphatic carbocycles. The number of rotatable bonds is 8. The molecule has 3 N–H and O–H groups in total. The van der Waals surface area contributed by atoms with Gasteiger partial charge in [0.1, 0.15) is 0 Å². The standard InChI is InChI=1S/C19H32N4O2S/c1-4-19(10-5-6-11-19)15-23-18(20-2)22-13-16-8-7-9-17(12-16)14-26(24,25)21-3/h7-9,12,21H,4-6,10-11,13-15H2,1-3H3,(H2,20,22,23). The Morgan fingerprint density at radius 1 is 1.19 bits per heavy atom. The van der Waals surface area contributed by atoms with Gasteiger partial charge < -0.3 is 10.6 Å². The molecule has 0 aromatic heterocycles. The molecule has 1 fully saturated rings. The van der Waals surface area contributed by atoms with E-state index in [9.17, 15) is 8.42 Å². The van der Waals surface area contributed by atoms with Crippen molar-refractivity contribution in [2.45, 2.75) is 51.3 Å². The molecular formula is C19H32N4O2S. The molecular weight excluding hydrogens is 348 g/mol. The second kappa shape index (κ2) is 9.37. The van der Waals surface area contributed by atoms with Gasteiger partial charge >= 0.3 is 0 Å². The lowest BCUT2D eigenvalue weighted by atomic mass is 9.83. The Balaban J connectivity index is 1.90. The average Bonchev–Trinajstić information content (AvgIpc) is 3.11. The van der Waals surface area contributed by atoms with E-state index < -0.39 is 10.0 Å². The maximum Gasteiger partial charge on any atom is 0.215 e. The minimum absolute atomic E-state index is 0.0106. The largest absolute Gasteiger partial charge is 0.356 e. The normalized spacial score (nSPS) is 17.3. The van der Waals surface area contributed by atoms with Crippen LogP contribution in [0.25, 0.3) is 0 Å². The summed E-state index contributed by atoms with van der Waals surface area (Å²) >= 11 is 0. The number of sulfonamides is 1. The SMILES string of the molecule is CCC1(CNC(=NC)NCc2cccc(CS(=O)(=O)NC)c2)CCCC1. The zero-order valence-corrected chi connectivity index (χ0v) is 17.0. The van der Waals surface area contributed by atoms with E-state index in [1.165, 1.54) is 39.2 Å². The molecule has 0 spiro atoms. The third kappa shape index (κ3) is 5.99. The zero-order chi connectivity index (χ0) is 19.0. The van der Waals surface area contributed by atoms with Crippen LogP contribution >= 0.6 is 0 Å². The molecule has 0 heterocycles. The zero-order valence-electron chi connectivity index (χ0n) is 16.1. The predicted molar refractivity (Wildman–Crippen MR) is 108 cm³/mol. The van der Waals surface area contributed by atoms with E-state index in [4.69, 9.17) is 0 Å². The van der Waals surface area contributed by atoms with Crippen LogP contribution in [0, 0.1) is 5.41 Å². The Morgan fingerprint density at radius 2 is 1.88 bits per heavy atom. The van der Waals surface area contributed by atoms with Gasteiger partial charge in [-0.15, -0.1) is 0 Å². The predicted octanol–water partition coefficient (Wildman–Crippen LogP) is 2.37. The van der Waals surface area contributed by atoms with Gasteiger partial charge in [-0.05, 0) is 42.9 Å². The van der Waals surface area contributed by atoms with Crippen LogP contribution in [0.15, 0.2) is 29.3 Å². The van der Waals surface area contributed by atoms with Crippen molar-refractivity contribution in [3.8, 4) is 0 Å². The molecule has 1 aromatic carbocycles. The molecule has 0 aliphatic heterocycles. The number of benzene rings is 1. The van der Waals surface area contributed by atoms with Crippen molar-refractivity contribution in [1.29, 1.82) is 0 Å². The van der Waals surface area contributed by atoms with E-state index >= 15 is 0 Å². The van der Waals surface area contributed by atoms with E-state index in [1.54, 1.807) is 7.05 Å². The summed E-state index contributed by atoms with van der Waals surface area (Å²) in [4.78, 5) is 4.31. The van der Waals surface area contributed by atoms with Crippen LogP contribution in [-0.4, -0.2) is 35.0 Å². The van der Waals surface area contributed by atoms with Crippen LogP contribution in [0.3, 0.4) is 0 Å². The average molecular weight is 381 g/mol.